The van der Waals surface area contributed by atoms with Gasteiger partial charge in [0, 0.05) is 18.8 Å². The van der Waals surface area contributed by atoms with E-state index in [1.54, 1.807) is 0 Å². The van der Waals surface area contributed by atoms with Gasteiger partial charge in [0.1, 0.15) is 0 Å². The van der Waals surface area contributed by atoms with E-state index in [9.17, 15) is 4.79 Å². The molecule has 0 radical (unpaired) electrons. The predicted octanol–water partition coefficient (Wildman–Crippen LogP) is 2.21. The van der Waals surface area contributed by atoms with Crippen molar-refractivity contribution in [1.29, 1.82) is 0 Å². The summed E-state index contributed by atoms with van der Waals surface area (Å²) in [4.78, 5) is 14.1. The number of carbonyl (C=O) groups excluding carboxylic acids is 1. The smallest absolute Gasteiger partial charge is 0.238 e. The van der Waals surface area contributed by atoms with E-state index in [1.165, 1.54) is 5.56 Å². The van der Waals surface area contributed by atoms with Crippen LogP contribution in [0.5, 0.6) is 0 Å². The van der Waals surface area contributed by atoms with Crippen LogP contribution in [0.15, 0.2) is 18.2 Å². The van der Waals surface area contributed by atoms with Crippen molar-refractivity contribution in [1.82, 2.24) is 10.2 Å². The number of hydrogen-bond acceptors (Lipinski definition) is 3. The average Bonchev–Trinajstić information content (AvgIpc) is 2.36. The van der Waals surface area contributed by atoms with Crippen LogP contribution in [0.3, 0.4) is 0 Å². The van der Waals surface area contributed by atoms with Crippen LogP contribution in [-0.4, -0.2) is 44.5 Å². The van der Waals surface area contributed by atoms with Crippen molar-refractivity contribution < 1.29 is 4.79 Å². The summed E-state index contributed by atoms with van der Waals surface area (Å²) in [5.41, 5.74) is 3.26. The van der Waals surface area contributed by atoms with E-state index in [0.29, 0.717) is 12.5 Å². The van der Waals surface area contributed by atoms with Crippen LogP contribution in [-0.2, 0) is 4.79 Å². The highest BCUT2D eigenvalue weighted by Crippen LogP contribution is 2.27. The molecule has 0 spiro atoms. The monoisotopic (exact) mass is 277 g/mol. The van der Waals surface area contributed by atoms with Gasteiger partial charge in [-0.1, -0.05) is 32.0 Å². The van der Waals surface area contributed by atoms with Crippen LogP contribution in [0.25, 0.3) is 0 Å². The van der Waals surface area contributed by atoms with Crippen LogP contribution in [0, 0.1) is 6.92 Å². The minimum Gasteiger partial charge on any atom is -0.324 e. The fourth-order valence-electron chi connectivity index (χ4n) is 2.03. The van der Waals surface area contributed by atoms with Crippen molar-refractivity contribution in [3.8, 4) is 0 Å². The van der Waals surface area contributed by atoms with Crippen molar-refractivity contribution in [2.75, 3.05) is 39.0 Å². The van der Waals surface area contributed by atoms with Gasteiger partial charge in [0.25, 0.3) is 0 Å². The summed E-state index contributed by atoms with van der Waals surface area (Å²) in [7, 11) is 4.04. The van der Waals surface area contributed by atoms with Gasteiger partial charge in [-0.15, -0.1) is 0 Å². The molecule has 0 aliphatic carbocycles. The number of carbonyl (C=O) groups is 1. The maximum atomic E-state index is 12.0. The fourth-order valence-corrected chi connectivity index (χ4v) is 2.03. The average molecular weight is 277 g/mol. The largest absolute Gasteiger partial charge is 0.324 e. The lowest BCUT2D eigenvalue weighted by molar-refractivity contribution is -0.115. The summed E-state index contributed by atoms with van der Waals surface area (Å²) in [5, 5.41) is 6.18. The van der Waals surface area contributed by atoms with Gasteiger partial charge < -0.3 is 15.5 Å². The summed E-state index contributed by atoms with van der Waals surface area (Å²) in [6.07, 6.45) is 0. The number of anilines is 1. The molecule has 112 valence electrons. The molecule has 0 bridgehead atoms. The lowest BCUT2D eigenvalue weighted by Gasteiger charge is -2.17. The number of nitrogens with one attached hydrogen (secondary N) is 2. The van der Waals surface area contributed by atoms with E-state index >= 15 is 0 Å². The van der Waals surface area contributed by atoms with E-state index in [1.807, 2.05) is 33.2 Å². The Morgan fingerprint density at radius 1 is 1.30 bits per heavy atom. The number of benzene rings is 1. The van der Waals surface area contributed by atoms with Crippen molar-refractivity contribution in [3.05, 3.63) is 29.3 Å². The van der Waals surface area contributed by atoms with Gasteiger partial charge in [-0.05, 0) is 38.1 Å². The molecule has 20 heavy (non-hydrogen) atoms. The Kier molecular flexibility index (Phi) is 6.68. The zero-order chi connectivity index (χ0) is 15.1. The number of rotatable bonds is 7. The van der Waals surface area contributed by atoms with Gasteiger partial charge in [-0.25, -0.2) is 0 Å². The zero-order valence-corrected chi connectivity index (χ0v) is 13.3. The van der Waals surface area contributed by atoms with Crippen LogP contribution < -0.4 is 10.6 Å². The van der Waals surface area contributed by atoms with Crippen LogP contribution >= 0.6 is 0 Å². The Hall–Kier alpha value is -1.39. The van der Waals surface area contributed by atoms with E-state index < -0.39 is 0 Å². The summed E-state index contributed by atoms with van der Waals surface area (Å²) in [6.45, 7) is 8.39. The second kappa shape index (κ2) is 8.02. The summed E-state index contributed by atoms with van der Waals surface area (Å²) >= 11 is 0. The van der Waals surface area contributed by atoms with E-state index in [4.69, 9.17) is 0 Å². The third-order valence-corrected chi connectivity index (χ3v) is 3.21. The second-order valence-corrected chi connectivity index (χ2v) is 5.72. The molecule has 1 aromatic rings. The maximum absolute atomic E-state index is 12.0. The van der Waals surface area contributed by atoms with Gasteiger partial charge in [0.05, 0.1) is 6.54 Å². The Balaban J connectivity index is 2.57. The third-order valence-electron chi connectivity index (χ3n) is 3.21. The molecule has 0 saturated heterocycles. The lowest BCUT2D eigenvalue weighted by atomic mass is 9.98. The topological polar surface area (TPSA) is 44.4 Å². The molecular formula is C16H27N3O. The number of amides is 1. The first-order chi connectivity index (χ1) is 9.41. The van der Waals surface area contributed by atoms with Gasteiger partial charge in [0.2, 0.25) is 5.91 Å². The minimum absolute atomic E-state index is 0.0138. The third kappa shape index (κ3) is 5.31. The molecule has 0 aromatic heterocycles. The number of nitrogens with zero attached hydrogens (tertiary/aromatic N) is 1. The van der Waals surface area contributed by atoms with E-state index in [2.05, 4.69) is 35.4 Å². The number of para-hydroxylation sites is 1. The van der Waals surface area contributed by atoms with Crippen molar-refractivity contribution in [2.45, 2.75) is 26.7 Å². The lowest BCUT2D eigenvalue weighted by Crippen LogP contribution is -2.33. The number of aryl methyl sites for hydroxylation is 1. The molecule has 4 nitrogen and oxygen atoms in total. The standard InChI is InChI=1S/C16H27N3O/c1-12(2)14-8-6-7-13(3)16(14)18-15(20)11-17-9-10-19(4)5/h6-8,12,17H,9-11H2,1-5H3,(H,18,20). The molecule has 0 atom stereocenters. The first-order valence-electron chi connectivity index (χ1n) is 7.16. The SMILES string of the molecule is Cc1cccc(C(C)C)c1NC(=O)CNCCN(C)C. The molecular weight excluding hydrogens is 250 g/mol. The molecule has 1 amide bonds. The molecule has 0 aliphatic rings. The summed E-state index contributed by atoms with van der Waals surface area (Å²) < 4.78 is 0. The second-order valence-electron chi connectivity index (χ2n) is 5.72. The van der Waals surface area contributed by atoms with Crippen molar-refractivity contribution in [2.24, 2.45) is 0 Å². The first-order valence-corrected chi connectivity index (χ1v) is 7.16. The van der Waals surface area contributed by atoms with Gasteiger partial charge in [-0.3, -0.25) is 4.79 Å². The molecule has 0 aliphatic heterocycles. The highest BCUT2D eigenvalue weighted by molar-refractivity contribution is 5.93. The fraction of sp³-hybridized carbons (Fsp3) is 0.562. The summed E-state index contributed by atoms with van der Waals surface area (Å²) in [6, 6.07) is 6.14. The number of likely N-dealkylation sites (N-methyl/N-ethyl adjacent to an activating group) is 1. The molecule has 2 N–H and O–H groups in total. The van der Waals surface area contributed by atoms with Crippen molar-refractivity contribution >= 4 is 11.6 Å². The van der Waals surface area contributed by atoms with Gasteiger partial charge >= 0.3 is 0 Å². The Bertz CT molecular complexity index is 441. The normalized spacial score (nSPS) is 11.2. The maximum Gasteiger partial charge on any atom is 0.238 e. The molecule has 0 fully saturated rings. The van der Waals surface area contributed by atoms with E-state index in [-0.39, 0.29) is 5.91 Å². The van der Waals surface area contributed by atoms with Gasteiger partial charge in [0.15, 0.2) is 0 Å². The van der Waals surface area contributed by atoms with Crippen molar-refractivity contribution in [3.63, 3.8) is 0 Å². The zero-order valence-electron chi connectivity index (χ0n) is 13.3. The molecule has 0 saturated carbocycles. The summed E-state index contributed by atoms with van der Waals surface area (Å²) in [5.74, 6) is 0.409. The molecule has 1 aromatic carbocycles. The minimum atomic E-state index is 0.0138. The quantitative estimate of drug-likeness (QED) is 0.751. The Morgan fingerprint density at radius 2 is 2.00 bits per heavy atom. The molecule has 1 rings (SSSR count). The molecule has 4 heteroatoms. The molecule has 0 unspecified atom stereocenters. The highest BCUT2D eigenvalue weighted by atomic mass is 16.1. The van der Waals surface area contributed by atoms with E-state index in [0.717, 1.165) is 24.3 Å². The van der Waals surface area contributed by atoms with Crippen LogP contribution in [0.1, 0.15) is 30.9 Å². The predicted molar refractivity (Wildman–Crippen MR) is 85.3 cm³/mol. The Morgan fingerprint density at radius 3 is 2.60 bits per heavy atom. The number of hydrogen-bond donors (Lipinski definition) is 2. The Labute approximate surface area is 122 Å². The molecule has 0 heterocycles. The van der Waals surface area contributed by atoms with Crippen LogP contribution in [0.2, 0.25) is 0 Å². The van der Waals surface area contributed by atoms with Gasteiger partial charge in [-0.2, -0.15) is 0 Å². The first kappa shape index (κ1) is 16.7. The highest BCUT2D eigenvalue weighted by Gasteiger charge is 2.11. The van der Waals surface area contributed by atoms with Crippen LogP contribution in [0.4, 0.5) is 5.69 Å².